The molecule has 3 rings (SSSR count). The molecule has 1 atom stereocenters. The molecule has 30 heavy (non-hydrogen) atoms. The van der Waals surface area contributed by atoms with Crippen LogP contribution in [0.1, 0.15) is 48.0 Å². The van der Waals surface area contributed by atoms with Gasteiger partial charge in [0, 0.05) is 6.07 Å². The monoisotopic (exact) mass is 407 g/mol. The lowest BCUT2D eigenvalue weighted by Crippen LogP contribution is -2.33. The van der Waals surface area contributed by atoms with E-state index in [1.807, 2.05) is 37.3 Å². The molecule has 3 aromatic rings. The highest BCUT2D eigenvalue weighted by Gasteiger charge is 2.19. The Kier molecular flexibility index (Phi) is 6.67. The zero-order valence-electron chi connectivity index (χ0n) is 17.3. The van der Waals surface area contributed by atoms with Crippen molar-refractivity contribution in [2.45, 2.75) is 33.2 Å². The maximum absolute atomic E-state index is 12.4. The summed E-state index contributed by atoms with van der Waals surface area (Å²) in [6.07, 6.45) is 0.753. The SMILES string of the molecule is Cc1ccc2oc(C(=O)OCC(=O)N[C@H](CC(C)C)c3ccccc3)cc(=O)c2c1. The normalized spacial score (nSPS) is 12.0. The van der Waals surface area contributed by atoms with E-state index >= 15 is 0 Å². The molecule has 0 saturated carbocycles. The molecule has 6 nitrogen and oxygen atoms in total. The summed E-state index contributed by atoms with van der Waals surface area (Å²) < 4.78 is 10.6. The van der Waals surface area contributed by atoms with E-state index in [9.17, 15) is 14.4 Å². The molecule has 1 amide bonds. The van der Waals surface area contributed by atoms with Crippen molar-refractivity contribution in [3.05, 3.63) is 81.7 Å². The molecule has 0 bridgehead atoms. The average molecular weight is 407 g/mol. The number of hydrogen-bond acceptors (Lipinski definition) is 5. The Bertz CT molecular complexity index is 1100. The van der Waals surface area contributed by atoms with E-state index in [1.165, 1.54) is 0 Å². The second-order valence-electron chi connectivity index (χ2n) is 7.71. The summed E-state index contributed by atoms with van der Waals surface area (Å²) in [5.74, 6) is -1.14. The molecule has 1 aromatic heterocycles. The van der Waals surface area contributed by atoms with Gasteiger partial charge in [0.2, 0.25) is 5.76 Å². The minimum atomic E-state index is -0.857. The van der Waals surface area contributed by atoms with Gasteiger partial charge in [-0.1, -0.05) is 55.8 Å². The number of esters is 1. The van der Waals surface area contributed by atoms with Crippen molar-refractivity contribution in [2.24, 2.45) is 5.92 Å². The molecule has 0 spiro atoms. The van der Waals surface area contributed by atoms with Gasteiger partial charge in [0.15, 0.2) is 12.0 Å². The van der Waals surface area contributed by atoms with Crippen molar-refractivity contribution in [1.82, 2.24) is 5.32 Å². The van der Waals surface area contributed by atoms with Crippen molar-refractivity contribution in [1.29, 1.82) is 0 Å². The third-order valence-corrected chi connectivity index (χ3v) is 4.66. The first-order chi connectivity index (χ1) is 14.3. The quantitative estimate of drug-likeness (QED) is 0.595. The Morgan fingerprint density at radius 2 is 1.80 bits per heavy atom. The molecule has 1 heterocycles. The number of nitrogens with one attached hydrogen (secondary N) is 1. The zero-order chi connectivity index (χ0) is 21.7. The van der Waals surface area contributed by atoms with Gasteiger partial charge in [-0.25, -0.2) is 4.79 Å². The van der Waals surface area contributed by atoms with Crippen LogP contribution in [-0.4, -0.2) is 18.5 Å². The molecule has 0 aliphatic rings. The average Bonchev–Trinajstić information content (AvgIpc) is 2.72. The van der Waals surface area contributed by atoms with Crippen LogP contribution >= 0.6 is 0 Å². The van der Waals surface area contributed by atoms with Gasteiger partial charge in [-0.05, 0) is 37.0 Å². The fourth-order valence-electron chi connectivity index (χ4n) is 3.24. The number of benzene rings is 2. The highest BCUT2D eigenvalue weighted by molar-refractivity contribution is 5.90. The van der Waals surface area contributed by atoms with Crippen LogP contribution < -0.4 is 10.7 Å². The van der Waals surface area contributed by atoms with E-state index in [0.717, 1.165) is 23.6 Å². The minimum absolute atomic E-state index is 0.181. The second-order valence-corrected chi connectivity index (χ2v) is 7.71. The fourth-order valence-corrected chi connectivity index (χ4v) is 3.24. The van der Waals surface area contributed by atoms with Crippen LogP contribution in [0, 0.1) is 12.8 Å². The number of hydrogen-bond donors (Lipinski definition) is 1. The van der Waals surface area contributed by atoms with E-state index in [2.05, 4.69) is 19.2 Å². The van der Waals surface area contributed by atoms with E-state index in [1.54, 1.807) is 18.2 Å². The zero-order valence-corrected chi connectivity index (χ0v) is 17.3. The smallest absolute Gasteiger partial charge is 0.374 e. The van der Waals surface area contributed by atoms with Crippen molar-refractivity contribution in [3.63, 3.8) is 0 Å². The van der Waals surface area contributed by atoms with Gasteiger partial charge in [-0.15, -0.1) is 0 Å². The van der Waals surface area contributed by atoms with Crippen molar-refractivity contribution in [2.75, 3.05) is 6.61 Å². The number of carbonyl (C=O) groups excluding carboxylic acids is 2. The maximum atomic E-state index is 12.4. The van der Waals surface area contributed by atoms with E-state index in [-0.39, 0.29) is 17.2 Å². The number of amides is 1. The lowest BCUT2D eigenvalue weighted by atomic mass is 9.97. The van der Waals surface area contributed by atoms with E-state index < -0.39 is 18.5 Å². The van der Waals surface area contributed by atoms with Gasteiger partial charge < -0.3 is 14.5 Å². The van der Waals surface area contributed by atoms with Crippen molar-refractivity contribution >= 4 is 22.8 Å². The third kappa shape index (κ3) is 5.35. The van der Waals surface area contributed by atoms with Crippen LogP contribution in [-0.2, 0) is 9.53 Å². The molecule has 0 aliphatic carbocycles. The number of carbonyl (C=O) groups is 2. The molecule has 0 saturated heterocycles. The molecule has 0 fully saturated rings. The predicted octanol–water partition coefficient (Wildman–Crippen LogP) is 4.16. The molecule has 0 aliphatic heterocycles. The summed E-state index contributed by atoms with van der Waals surface area (Å²) in [5, 5.41) is 3.30. The van der Waals surface area contributed by atoms with E-state index in [4.69, 9.17) is 9.15 Å². The topological polar surface area (TPSA) is 85.6 Å². The summed E-state index contributed by atoms with van der Waals surface area (Å²) in [7, 11) is 0. The molecular weight excluding hydrogens is 382 g/mol. The van der Waals surface area contributed by atoms with Crippen LogP contribution in [0.4, 0.5) is 0 Å². The summed E-state index contributed by atoms with van der Waals surface area (Å²) >= 11 is 0. The first-order valence-electron chi connectivity index (χ1n) is 9.89. The number of fused-ring (bicyclic) bond motifs is 1. The maximum Gasteiger partial charge on any atom is 0.374 e. The van der Waals surface area contributed by atoms with Crippen LogP contribution in [0.3, 0.4) is 0 Å². The number of ether oxygens (including phenoxy) is 1. The van der Waals surface area contributed by atoms with Gasteiger partial charge in [0.05, 0.1) is 11.4 Å². The Labute approximate surface area is 174 Å². The summed E-state index contributed by atoms with van der Waals surface area (Å²) in [4.78, 5) is 36.9. The predicted molar refractivity (Wildman–Crippen MR) is 114 cm³/mol. The number of rotatable bonds is 7. The largest absolute Gasteiger partial charge is 0.450 e. The van der Waals surface area contributed by atoms with Gasteiger partial charge in [0.1, 0.15) is 5.58 Å². The molecule has 0 radical (unpaired) electrons. The lowest BCUT2D eigenvalue weighted by molar-refractivity contribution is -0.125. The van der Waals surface area contributed by atoms with Gasteiger partial charge in [-0.3, -0.25) is 9.59 Å². The Hall–Kier alpha value is -3.41. The fraction of sp³-hybridized carbons (Fsp3) is 0.292. The first-order valence-corrected chi connectivity index (χ1v) is 9.89. The Morgan fingerprint density at radius 1 is 1.07 bits per heavy atom. The van der Waals surface area contributed by atoms with Crippen LogP contribution in [0.15, 0.2) is 63.8 Å². The first kappa shape index (κ1) is 21.3. The molecule has 1 N–H and O–H groups in total. The molecule has 2 aromatic carbocycles. The summed E-state index contributed by atoms with van der Waals surface area (Å²) in [5.41, 5.74) is 1.86. The third-order valence-electron chi connectivity index (χ3n) is 4.66. The van der Waals surface area contributed by atoms with Crippen LogP contribution in [0.5, 0.6) is 0 Å². The Balaban J connectivity index is 1.66. The lowest BCUT2D eigenvalue weighted by Gasteiger charge is -2.21. The Morgan fingerprint density at radius 3 is 2.50 bits per heavy atom. The minimum Gasteiger partial charge on any atom is -0.450 e. The van der Waals surface area contributed by atoms with Gasteiger partial charge in [-0.2, -0.15) is 0 Å². The second kappa shape index (κ2) is 9.39. The van der Waals surface area contributed by atoms with E-state index in [0.29, 0.717) is 16.9 Å². The van der Waals surface area contributed by atoms with Crippen LogP contribution in [0.25, 0.3) is 11.0 Å². The standard InChI is InChI=1S/C24H25NO5/c1-15(2)11-19(17-7-5-4-6-8-17)25-23(27)14-29-24(28)22-13-20(26)18-12-16(3)9-10-21(18)30-22/h4-10,12-13,15,19H,11,14H2,1-3H3,(H,25,27)/t19-/m1/s1. The summed E-state index contributed by atoms with van der Waals surface area (Å²) in [6, 6.07) is 15.7. The number of aryl methyl sites for hydroxylation is 1. The highest BCUT2D eigenvalue weighted by atomic mass is 16.5. The highest BCUT2D eigenvalue weighted by Crippen LogP contribution is 2.21. The van der Waals surface area contributed by atoms with Crippen LogP contribution in [0.2, 0.25) is 0 Å². The molecular formula is C24H25NO5. The van der Waals surface area contributed by atoms with Crippen molar-refractivity contribution in [3.8, 4) is 0 Å². The van der Waals surface area contributed by atoms with Crippen molar-refractivity contribution < 1.29 is 18.7 Å². The van der Waals surface area contributed by atoms with Gasteiger partial charge in [0.25, 0.3) is 5.91 Å². The molecule has 0 unspecified atom stereocenters. The molecule has 156 valence electrons. The van der Waals surface area contributed by atoms with Gasteiger partial charge >= 0.3 is 5.97 Å². The molecule has 6 heteroatoms. The summed E-state index contributed by atoms with van der Waals surface area (Å²) in [6.45, 7) is 5.55.